The van der Waals surface area contributed by atoms with Crippen molar-refractivity contribution in [2.75, 3.05) is 13.7 Å². The number of hydrogen-bond donors (Lipinski definition) is 1. The molecule has 1 aliphatic rings. The summed E-state index contributed by atoms with van der Waals surface area (Å²) in [6.45, 7) is 7.53. The maximum atomic E-state index is 5.74. The maximum Gasteiger partial charge on any atom is 0.126 e. The Kier molecular flexibility index (Phi) is 5.47. The Morgan fingerprint density at radius 1 is 1.20 bits per heavy atom. The second-order valence-electron chi connectivity index (χ2n) is 6.06. The molecule has 0 heterocycles. The minimum atomic E-state index is 0.439. The van der Waals surface area contributed by atoms with Gasteiger partial charge in [-0.1, -0.05) is 38.3 Å². The van der Waals surface area contributed by atoms with Gasteiger partial charge in [0.05, 0.1) is 7.11 Å². The van der Waals surface area contributed by atoms with Crippen molar-refractivity contribution < 1.29 is 4.74 Å². The van der Waals surface area contributed by atoms with Crippen LogP contribution in [0.15, 0.2) is 12.1 Å². The molecule has 2 rings (SSSR count). The summed E-state index contributed by atoms with van der Waals surface area (Å²) >= 11 is 0. The van der Waals surface area contributed by atoms with Crippen molar-refractivity contribution in [1.82, 2.24) is 5.32 Å². The lowest BCUT2D eigenvalue weighted by Crippen LogP contribution is -2.30. The van der Waals surface area contributed by atoms with Gasteiger partial charge in [-0.25, -0.2) is 0 Å². The van der Waals surface area contributed by atoms with Gasteiger partial charge in [0.2, 0.25) is 0 Å². The van der Waals surface area contributed by atoms with Gasteiger partial charge >= 0.3 is 0 Å². The minimum Gasteiger partial charge on any atom is -0.496 e. The summed E-state index contributed by atoms with van der Waals surface area (Å²) in [6.07, 6.45) is 6.83. The van der Waals surface area contributed by atoms with Gasteiger partial charge in [0.25, 0.3) is 0 Å². The van der Waals surface area contributed by atoms with Crippen LogP contribution in [0.1, 0.15) is 61.8 Å². The van der Waals surface area contributed by atoms with Crippen LogP contribution in [0.4, 0.5) is 0 Å². The highest BCUT2D eigenvalue weighted by molar-refractivity contribution is 5.47. The van der Waals surface area contributed by atoms with E-state index in [1.807, 2.05) is 0 Å². The fourth-order valence-electron chi connectivity index (χ4n) is 3.54. The second-order valence-corrected chi connectivity index (χ2v) is 6.06. The van der Waals surface area contributed by atoms with Crippen molar-refractivity contribution in [1.29, 1.82) is 0 Å². The zero-order chi connectivity index (χ0) is 14.5. The Balaban J connectivity index is 2.35. The highest BCUT2D eigenvalue weighted by atomic mass is 16.5. The molecule has 0 spiro atoms. The summed E-state index contributed by atoms with van der Waals surface area (Å²) in [5.74, 6) is 1.83. The summed E-state index contributed by atoms with van der Waals surface area (Å²) < 4.78 is 5.74. The zero-order valence-corrected chi connectivity index (χ0v) is 13.5. The molecule has 0 bridgehead atoms. The molecule has 0 amide bonds. The van der Waals surface area contributed by atoms with Gasteiger partial charge in [-0.2, -0.15) is 0 Å². The molecular weight excluding hydrogens is 246 g/mol. The van der Waals surface area contributed by atoms with Crippen LogP contribution in [0.3, 0.4) is 0 Å². The first-order valence-corrected chi connectivity index (χ1v) is 8.06. The van der Waals surface area contributed by atoms with Crippen LogP contribution in [0.5, 0.6) is 5.75 Å². The molecule has 0 aliphatic heterocycles. The number of aryl methyl sites for hydroxylation is 1. The molecule has 1 aliphatic carbocycles. The Hall–Kier alpha value is -1.02. The van der Waals surface area contributed by atoms with Crippen LogP contribution in [-0.4, -0.2) is 13.7 Å². The van der Waals surface area contributed by atoms with Crippen LogP contribution in [0.25, 0.3) is 0 Å². The molecule has 0 aromatic heterocycles. The van der Waals surface area contributed by atoms with Gasteiger partial charge in [-0.15, -0.1) is 0 Å². The number of methoxy groups -OCH3 is 1. The monoisotopic (exact) mass is 275 g/mol. The van der Waals surface area contributed by atoms with Crippen molar-refractivity contribution in [3.05, 3.63) is 28.8 Å². The lowest BCUT2D eigenvalue weighted by atomic mass is 9.80. The Labute approximate surface area is 123 Å². The SMILES string of the molecule is CCNC(c1ccc(C)c(C)c1OC)C1CCCCC1. The summed E-state index contributed by atoms with van der Waals surface area (Å²) in [7, 11) is 1.80. The first kappa shape index (κ1) is 15.4. The molecule has 2 heteroatoms. The van der Waals surface area contributed by atoms with Crippen molar-refractivity contribution in [2.24, 2.45) is 5.92 Å². The molecule has 1 aromatic rings. The van der Waals surface area contributed by atoms with E-state index in [9.17, 15) is 0 Å². The van der Waals surface area contributed by atoms with E-state index in [4.69, 9.17) is 4.74 Å². The minimum absolute atomic E-state index is 0.439. The van der Waals surface area contributed by atoms with Gasteiger partial charge in [0.1, 0.15) is 5.75 Å². The maximum absolute atomic E-state index is 5.74. The van der Waals surface area contributed by atoms with Crippen molar-refractivity contribution in [3.8, 4) is 5.75 Å². The van der Waals surface area contributed by atoms with Crippen LogP contribution in [0.2, 0.25) is 0 Å². The topological polar surface area (TPSA) is 21.3 Å². The smallest absolute Gasteiger partial charge is 0.126 e. The van der Waals surface area contributed by atoms with E-state index in [0.29, 0.717) is 6.04 Å². The second kappa shape index (κ2) is 7.12. The predicted molar refractivity (Wildman–Crippen MR) is 85.5 cm³/mol. The van der Waals surface area contributed by atoms with Crippen LogP contribution < -0.4 is 10.1 Å². The zero-order valence-electron chi connectivity index (χ0n) is 13.5. The molecule has 1 unspecified atom stereocenters. The van der Waals surface area contributed by atoms with Crippen molar-refractivity contribution >= 4 is 0 Å². The van der Waals surface area contributed by atoms with Gasteiger partial charge in [0, 0.05) is 11.6 Å². The number of benzene rings is 1. The molecule has 1 atom stereocenters. The van der Waals surface area contributed by atoms with E-state index in [0.717, 1.165) is 18.2 Å². The molecule has 0 radical (unpaired) electrons. The third-order valence-corrected chi connectivity index (χ3v) is 4.79. The van der Waals surface area contributed by atoms with E-state index in [2.05, 4.69) is 38.2 Å². The summed E-state index contributed by atoms with van der Waals surface area (Å²) in [5, 5.41) is 3.71. The quantitative estimate of drug-likeness (QED) is 0.851. The average Bonchev–Trinajstić information content (AvgIpc) is 2.48. The van der Waals surface area contributed by atoms with E-state index in [1.165, 1.54) is 48.8 Å². The molecule has 20 heavy (non-hydrogen) atoms. The van der Waals surface area contributed by atoms with Gasteiger partial charge in [-0.3, -0.25) is 0 Å². The van der Waals surface area contributed by atoms with Crippen LogP contribution >= 0.6 is 0 Å². The van der Waals surface area contributed by atoms with Gasteiger partial charge < -0.3 is 10.1 Å². The van der Waals surface area contributed by atoms with E-state index >= 15 is 0 Å². The van der Waals surface area contributed by atoms with Gasteiger partial charge in [0.15, 0.2) is 0 Å². The summed E-state index contributed by atoms with van der Waals surface area (Å²) in [5.41, 5.74) is 3.94. The van der Waals surface area contributed by atoms with Crippen molar-refractivity contribution in [3.63, 3.8) is 0 Å². The van der Waals surface area contributed by atoms with E-state index in [-0.39, 0.29) is 0 Å². The fourth-order valence-corrected chi connectivity index (χ4v) is 3.54. The third-order valence-electron chi connectivity index (χ3n) is 4.79. The van der Waals surface area contributed by atoms with Gasteiger partial charge in [-0.05, 0) is 50.3 Å². The Morgan fingerprint density at radius 3 is 2.50 bits per heavy atom. The van der Waals surface area contributed by atoms with Crippen LogP contribution in [0, 0.1) is 19.8 Å². The average molecular weight is 275 g/mol. The van der Waals surface area contributed by atoms with E-state index < -0.39 is 0 Å². The molecule has 1 saturated carbocycles. The Morgan fingerprint density at radius 2 is 1.90 bits per heavy atom. The molecule has 2 nitrogen and oxygen atoms in total. The first-order chi connectivity index (χ1) is 9.69. The Bertz CT molecular complexity index is 435. The number of rotatable bonds is 5. The molecule has 1 aromatic carbocycles. The highest BCUT2D eigenvalue weighted by Crippen LogP contribution is 2.39. The normalized spacial score (nSPS) is 18.0. The molecule has 1 N–H and O–H groups in total. The first-order valence-electron chi connectivity index (χ1n) is 8.06. The number of nitrogens with one attached hydrogen (secondary N) is 1. The summed E-state index contributed by atoms with van der Waals surface area (Å²) in [6, 6.07) is 4.94. The predicted octanol–water partition coefficient (Wildman–Crippen LogP) is 4.54. The molecule has 112 valence electrons. The third kappa shape index (κ3) is 3.17. The fraction of sp³-hybridized carbons (Fsp3) is 0.667. The summed E-state index contributed by atoms with van der Waals surface area (Å²) in [4.78, 5) is 0. The molecule has 1 fully saturated rings. The highest BCUT2D eigenvalue weighted by Gasteiger charge is 2.27. The van der Waals surface area contributed by atoms with Crippen molar-refractivity contribution in [2.45, 2.75) is 58.9 Å². The number of ether oxygens (including phenoxy) is 1. The molecule has 0 saturated heterocycles. The standard InChI is InChI=1S/C18H29NO/c1-5-19-17(15-9-7-6-8-10-15)16-12-11-13(2)14(3)18(16)20-4/h11-12,15,17,19H,5-10H2,1-4H3. The van der Waals surface area contributed by atoms with E-state index in [1.54, 1.807) is 7.11 Å². The largest absolute Gasteiger partial charge is 0.496 e. The lowest BCUT2D eigenvalue weighted by molar-refractivity contribution is 0.268. The number of hydrogen-bond acceptors (Lipinski definition) is 2. The molecular formula is C18H29NO. The van der Waals surface area contributed by atoms with Crippen LogP contribution in [-0.2, 0) is 0 Å². The lowest BCUT2D eigenvalue weighted by Gasteiger charge is -2.32.